The highest BCUT2D eigenvalue weighted by Gasteiger charge is 2.11. The first kappa shape index (κ1) is 22.4. The van der Waals surface area contributed by atoms with E-state index in [2.05, 4.69) is 32.1 Å². The van der Waals surface area contributed by atoms with Gasteiger partial charge in [0.1, 0.15) is 18.2 Å². The molecule has 6 nitrogen and oxygen atoms in total. The number of hydrogen-bond acceptors (Lipinski definition) is 5. The minimum absolute atomic E-state index is 0.220. The maximum absolute atomic E-state index is 13.2. The minimum Gasteiger partial charge on any atom is -0.488 e. The molecule has 0 fully saturated rings. The zero-order chi connectivity index (χ0) is 23.2. The van der Waals surface area contributed by atoms with E-state index in [0.29, 0.717) is 34.5 Å². The minimum atomic E-state index is -0.220. The number of nitrogens with zero attached hydrogens (tertiary/aromatic N) is 4. The summed E-state index contributed by atoms with van der Waals surface area (Å²) in [5.41, 5.74) is 2.53. The standard InChI is InChI=1S/C26H21BrN4O2/c1-2-7-25-30-23-13-12-21(27)14-22(23)26(32)31(25)29-16-19-9-5-6-11-24(19)33-17-20-10-4-3-8-18(20)15-28/h3-6,8-14,16H,2,7,17H2,1H3. The molecule has 3 aromatic carbocycles. The molecule has 1 heterocycles. The van der Waals surface area contributed by atoms with Gasteiger partial charge in [-0.25, -0.2) is 4.98 Å². The van der Waals surface area contributed by atoms with Gasteiger partial charge in [-0.3, -0.25) is 4.79 Å². The fourth-order valence-electron chi connectivity index (χ4n) is 3.45. The summed E-state index contributed by atoms with van der Waals surface area (Å²) in [4.78, 5) is 17.9. The van der Waals surface area contributed by atoms with E-state index in [0.717, 1.165) is 22.0 Å². The van der Waals surface area contributed by atoms with Crippen molar-refractivity contribution in [2.24, 2.45) is 5.10 Å². The fourth-order valence-corrected chi connectivity index (χ4v) is 3.81. The first-order valence-electron chi connectivity index (χ1n) is 10.6. The highest BCUT2D eigenvalue weighted by Crippen LogP contribution is 2.20. The van der Waals surface area contributed by atoms with Crippen LogP contribution in [0.1, 0.15) is 35.9 Å². The number of aryl methyl sites for hydroxylation is 1. The molecule has 164 valence electrons. The lowest BCUT2D eigenvalue weighted by Crippen LogP contribution is -2.22. The smallest absolute Gasteiger partial charge is 0.282 e. The number of ether oxygens (including phenoxy) is 1. The van der Waals surface area contributed by atoms with Crippen LogP contribution in [0, 0.1) is 11.3 Å². The van der Waals surface area contributed by atoms with Gasteiger partial charge in [-0.05, 0) is 42.8 Å². The molecule has 0 unspecified atom stereocenters. The third-order valence-corrected chi connectivity index (χ3v) is 5.59. The summed E-state index contributed by atoms with van der Waals surface area (Å²) >= 11 is 3.42. The van der Waals surface area contributed by atoms with Crippen LogP contribution in [0.5, 0.6) is 5.75 Å². The SMILES string of the molecule is CCCc1nc2ccc(Br)cc2c(=O)n1N=Cc1ccccc1OCc1ccccc1C#N. The normalized spacial score (nSPS) is 11.1. The summed E-state index contributed by atoms with van der Waals surface area (Å²) in [6.07, 6.45) is 3.07. The molecule has 0 aliphatic carbocycles. The van der Waals surface area contributed by atoms with Crippen LogP contribution in [0.25, 0.3) is 10.9 Å². The molecule has 33 heavy (non-hydrogen) atoms. The van der Waals surface area contributed by atoms with Crippen molar-refractivity contribution in [3.05, 3.63) is 104 Å². The number of benzene rings is 3. The first-order chi connectivity index (χ1) is 16.1. The zero-order valence-corrected chi connectivity index (χ0v) is 19.6. The van der Waals surface area contributed by atoms with Crippen molar-refractivity contribution in [3.8, 4) is 11.8 Å². The van der Waals surface area contributed by atoms with Gasteiger partial charge in [-0.2, -0.15) is 15.0 Å². The van der Waals surface area contributed by atoms with E-state index in [9.17, 15) is 10.1 Å². The molecule has 4 aromatic rings. The average molecular weight is 501 g/mol. The van der Waals surface area contributed by atoms with Crippen molar-refractivity contribution >= 4 is 33.0 Å². The number of nitriles is 1. The molecule has 0 saturated carbocycles. The fraction of sp³-hybridized carbons (Fsp3) is 0.154. The van der Waals surface area contributed by atoms with E-state index in [4.69, 9.17) is 4.74 Å². The first-order valence-corrected chi connectivity index (χ1v) is 11.4. The third kappa shape index (κ3) is 5.02. The van der Waals surface area contributed by atoms with Gasteiger partial charge >= 0.3 is 0 Å². The molecule has 0 radical (unpaired) electrons. The Morgan fingerprint density at radius 3 is 2.76 bits per heavy atom. The predicted molar refractivity (Wildman–Crippen MR) is 133 cm³/mol. The Bertz CT molecular complexity index is 1440. The molecular formula is C26H21BrN4O2. The number of para-hydroxylation sites is 1. The lowest BCUT2D eigenvalue weighted by molar-refractivity contribution is 0.305. The zero-order valence-electron chi connectivity index (χ0n) is 18.0. The second-order valence-electron chi connectivity index (χ2n) is 7.40. The van der Waals surface area contributed by atoms with Gasteiger partial charge in [0.05, 0.1) is 28.8 Å². The van der Waals surface area contributed by atoms with E-state index >= 15 is 0 Å². The molecule has 1 aromatic heterocycles. The molecule has 7 heteroatoms. The molecule has 0 spiro atoms. The average Bonchev–Trinajstić information content (AvgIpc) is 2.84. The summed E-state index contributed by atoms with van der Waals surface area (Å²) < 4.78 is 8.17. The van der Waals surface area contributed by atoms with Crippen LogP contribution in [0.15, 0.2) is 81.1 Å². The van der Waals surface area contributed by atoms with E-state index in [1.165, 1.54) is 4.68 Å². The number of hydrogen-bond donors (Lipinski definition) is 0. The molecular weight excluding hydrogens is 480 g/mol. The summed E-state index contributed by atoms with van der Waals surface area (Å²) in [6, 6.07) is 22.4. The molecule has 0 saturated heterocycles. The van der Waals surface area contributed by atoms with Gasteiger partial charge in [0.25, 0.3) is 5.56 Å². The van der Waals surface area contributed by atoms with Gasteiger partial charge in [-0.1, -0.05) is 53.2 Å². The molecule has 0 amide bonds. The molecule has 0 bridgehead atoms. The second kappa shape index (κ2) is 10.2. The topological polar surface area (TPSA) is 80.3 Å². The Morgan fingerprint density at radius 1 is 1.15 bits per heavy atom. The van der Waals surface area contributed by atoms with Gasteiger partial charge in [-0.15, -0.1) is 0 Å². The van der Waals surface area contributed by atoms with Crippen LogP contribution >= 0.6 is 15.9 Å². The van der Waals surface area contributed by atoms with E-state index in [-0.39, 0.29) is 12.2 Å². The molecule has 0 N–H and O–H groups in total. The van der Waals surface area contributed by atoms with Gasteiger partial charge in [0, 0.05) is 22.0 Å². The maximum Gasteiger partial charge on any atom is 0.282 e. The number of halogens is 1. The lowest BCUT2D eigenvalue weighted by Gasteiger charge is -2.11. The van der Waals surface area contributed by atoms with Gasteiger partial charge in [0.2, 0.25) is 0 Å². The molecule has 0 aliphatic rings. The van der Waals surface area contributed by atoms with Crippen molar-refractivity contribution in [1.29, 1.82) is 5.26 Å². The lowest BCUT2D eigenvalue weighted by atomic mass is 10.1. The summed E-state index contributed by atoms with van der Waals surface area (Å²) in [6.45, 7) is 2.29. The number of aromatic nitrogens is 2. The van der Waals surface area contributed by atoms with Crippen LogP contribution in [0.2, 0.25) is 0 Å². The van der Waals surface area contributed by atoms with E-state index in [1.807, 2.05) is 61.5 Å². The van der Waals surface area contributed by atoms with Crippen molar-refractivity contribution < 1.29 is 4.74 Å². The van der Waals surface area contributed by atoms with Crippen LogP contribution in [0.3, 0.4) is 0 Å². The molecule has 0 atom stereocenters. The van der Waals surface area contributed by atoms with E-state index < -0.39 is 0 Å². The summed E-state index contributed by atoms with van der Waals surface area (Å²) in [5.74, 6) is 1.21. The monoisotopic (exact) mass is 500 g/mol. The van der Waals surface area contributed by atoms with Crippen molar-refractivity contribution in [1.82, 2.24) is 9.66 Å². The van der Waals surface area contributed by atoms with Gasteiger partial charge < -0.3 is 4.74 Å². The molecule has 4 rings (SSSR count). The number of rotatable bonds is 7. The Kier molecular flexibility index (Phi) is 6.96. The Balaban J connectivity index is 1.69. The largest absolute Gasteiger partial charge is 0.488 e. The molecule has 0 aliphatic heterocycles. The van der Waals surface area contributed by atoms with Crippen molar-refractivity contribution in [2.75, 3.05) is 0 Å². The Morgan fingerprint density at radius 2 is 1.94 bits per heavy atom. The van der Waals surface area contributed by atoms with Crippen molar-refractivity contribution in [3.63, 3.8) is 0 Å². The van der Waals surface area contributed by atoms with Crippen LogP contribution < -0.4 is 10.3 Å². The van der Waals surface area contributed by atoms with Crippen molar-refractivity contribution in [2.45, 2.75) is 26.4 Å². The maximum atomic E-state index is 13.2. The number of fused-ring (bicyclic) bond motifs is 1. The predicted octanol–water partition coefficient (Wildman–Crippen LogP) is 5.44. The quantitative estimate of drug-likeness (QED) is 0.316. The van der Waals surface area contributed by atoms with Crippen LogP contribution in [-0.2, 0) is 13.0 Å². The second-order valence-corrected chi connectivity index (χ2v) is 8.31. The summed E-state index contributed by atoms with van der Waals surface area (Å²) in [7, 11) is 0. The Hall–Kier alpha value is -3.76. The van der Waals surface area contributed by atoms with Crippen LogP contribution in [0.4, 0.5) is 0 Å². The van der Waals surface area contributed by atoms with Gasteiger partial charge in [0.15, 0.2) is 0 Å². The Labute approximate surface area is 199 Å². The summed E-state index contributed by atoms with van der Waals surface area (Å²) in [5, 5.41) is 14.3. The highest BCUT2D eigenvalue weighted by molar-refractivity contribution is 9.10. The van der Waals surface area contributed by atoms with Crippen LogP contribution in [-0.4, -0.2) is 15.9 Å². The highest BCUT2D eigenvalue weighted by atomic mass is 79.9. The third-order valence-electron chi connectivity index (χ3n) is 5.10. The van der Waals surface area contributed by atoms with E-state index in [1.54, 1.807) is 18.3 Å².